The molecule has 2 heterocycles. The Hall–Kier alpha value is -1.14. The van der Waals surface area contributed by atoms with Crippen molar-refractivity contribution in [2.75, 3.05) is 19.6 Å². The summed E-state index contributed by atoms with van der Waals surface area (Å²) < 4.78 is 0. The van der Waals surface area contributed by atoms with Crippen LogP contribution in [0.5, 0.6) is 0 Å². The van der Waals surface area contributed by atoms with Gasteiger partial charge in [0.1, 0.15) is 5.01 Å². The number of amides is 2. The summed E-state index contributed by atoms with van der Waals surface area (Å²) in [5, 5.41) is 5.35. The number of carbonyl (C=O) groups excluding carboxylic acids is 2. The van der Waals surface area contributed by atoms with Gasteiger partial charge in [-0.3, -0.25) is 9.59 Å². The molecule has 18 heavy (non-hydrogen) atoms. The van der Waals surface area contributed by atoms with Crippen molar-refractivity contribution in [1.82, 2.24) is 15.2 Å². The van der Waals surface area contributed by atoms with E-state index in [-0.39, 0.29) is 24.8 Å². The molecule has 0 bridgehead atoms. The van der Waals surface area contributed by atoms with Crippen LogP contribution < -0.4 is 5.32 Å². The molecule has 0 atom stereocenters. The first-order valence-corrected chi connectivity index (χ1v) is 7.14. The minimum atomic E-state index is -0.0959. The molecule has 1 aliphatic heterocycles. The van der Waals surface area contributed by atoms with Crippen LogP contribution in [0.1, 0.15) is 17.1 Å². The third-order valence-electron chi connectivity index (χ3n) is 2.65. The van der Waals surface area contributed by atoms with Gasteiger partial charge in [-0.1, -0.05) is 0 Å². The normalized spacial score (nSPS) is 16.3. The van der Waals surface area contributed by atoms with Gasteiger partial charge < -0.3 is 10.2 Å². The summed E-state index contributed by atoms with van der Waals surface area (Å²) in [5.41, 5.74) is 0.790. The lowest BCUT2D eigenvalue weighted by Crippen LogP contribution is -2.38. The quantitative estimate of drug-likeness (QED) is 0.836. The van der Waals surface area contributed by atoms with Crippen molar-refractivity contribution in [2.45, 2.75) is 18.7 Å². The van der Waals surface area contributed by atoms with Crippen LogP contribution in [0.25, 0.3) is 0 Å². The van der Waals surface area contributed by atoms with Crippen LogP contribution >= 0.6 is 22.9 Å². The monoisotopic (exact) mass is 287 g/mol. The second-order valence-corrected chi connectivity index (χ2v) is 5.27. The average Bonchev–Trinajstić information content (AvgIpc) is 2.69. The molecular weight excluding hydrogens is 274 g/mol. The van der Waals surface area contributed by atoms with Gasteiger partial charge in [0.25, 0.3) is 0 Å². The first-order valence-electron chi connectivity index (χ1n) is 5.73. The molecule has 0 radical (unpaired) electrons. The molecule has 0 aliphatic carbocycles. The van der Waals surface area contributed by atoms with E-state index in [0.717, 1.165) is 17.1 Å². The van der Waals surface area contributed by atoms with E-state index >= 15 is 0 Å². The highest BCUT2D eigenvalue weighted by atomic mass is 35.5. The van der Waals surface area contributed by atoms with E-state index in [1.807, 2.05) is 5.38 Å². The third-order valence-corrected chi connectivity index (χ3v) is 3.82. The van der Waals surface area contributed by atoms with Crippen LogP contribution in [0.2, 0.25) is 0 Å². The van der Waals surface area contributed by atoms with Gasteiger partial charge in [0.2, 0.25) is 11.8 Å². The molecule has 1 aromatic heterocycles. The number of nitrogens with zero attached hydrogens (tertiary/aromatic N) is 2. The molecule has 0 saturated carbocycles. The molecular formula is C11H14ClN3O2S. The van der Waals surface area contributed by atoms with Crippen LogP contribution in [-0.2, 0) is 21.9 Å². The highest BCUT2D eigenvalue weighted by Crippen LogP contribution is 2.13. The van der Waals surface area contributed by atoms with E-state index in [0.29, 0.717) is 19.0 Å². The standard InChI is InChI=1S/C11H14ClN3O2S/c12-5-8-7-18-10(14-8)4-11(17)15-3-1-2-13-9(16)6-15/h7H,1-6H2,(H,13,16). The number of carbonyl (C=O) groups is 2. The fourth-order valence-electron chi connectivity index (χ4n) is 1.75. The van der Waals surface area contributed by atoms with Crippen LogP contribution in [-0.4, -0.2) is 41.3 Å². The molecule has 7 heteroatoms. The number of thiazole rings is 1. The maximum atomic E-state index is 12.0. The maximum Gasteiger partial charge on any atom is 0.239 e. The second-order valence-electron chi connectivity index (χ2n) is 4.06. The fourth-order valence-corrected chi connectivity index (χ4v) is 2.76. The Balaban J connectivity index is 1.95. The van der Waals surface area contributed by atoms with Gasteiger partial charge in [-0.15, -0.1) is 22.9 Å². The molecule has 2 amide bonds. The second kappa shape index (κ2) is 6.15. The number of aromatic nitrogens is 1. The van der Waals surface area contributed by atoms with Crippen LogP contribution in [0.15, 0.2) is 5.38 Å². The zero-order chi connectivity index (χ0) is 13.0. The average molecular weight is 288 g/mol. The SMILES string of the molecule is O=C1CN(C(=O)Cc2nc(CCl)cs2)CCCN1. The minimum absolute atomic E-state index is 0.0532. The lowest BCUT2D eigenvalue weighted by molar-refractivity contribution is -0.134. The first-order chi connectivity index (χ1) is 8.69. The van der Waals surface area contributed by atoms with Gasteiger partial charge >= 0.3 is 0 Å². The van der Waals surface area contributed by atoms with Gasteiger partial charge in [0.15, 0.2) is 0 Å². The predicted octanol–water partition coefficient (Wildman–Crippen LogP) is 0.773. The Kier molecular flexibility index (Phi) is 4.54. The summed E-state index contributed by atoms with van der Waals surface area (Å²) in [7, 11) is 0. The van der Waals surface area contributed by atoms with Crippen molar-refractivity contribution in [1.29, 1.82) is 0 Å². The van der Waals surface area contributed by atoms with Crippen LogP contribution in [0, 0.1) is 0 Å². The van der Waals surface area contributed by atoms with E-state index in [1.54, 1.807) is 4.90 Å². The Morgan fingerprint density at radius 2 is 2.44 bits per heavy atom. The van der Waals surface area contributed by atoms with Gasteiger partial charge in [0, 0.05) is 18.5 Å². The predicted molar refractivity (Wildman–Crippen MR) is 69.6 cm³/mol. The Bertz CT molecular complexity index is 449. The molecule has 1 saturated heterocycles. The van der Waals surface area contributed by atoms with Crippen molar-refractivity contribution in [3.05, 3.63) is 16.1 Å². The summed E-state index contributed by atoms with van der Waals surface area (Å²) in [6.07, 6.45) is 1.04. The first kappa shape index (κ1) is 13.3. The molecule has 0 spiro atoms. The zero-order valence-electron chi connectivity index (χ0n) is 9.82. The molecule has 1 N–H and O–H groups in total. The van der Waals surface area contributed by atoms with Crippen LogP contribution in [0.4, 0.5) is 0 Å². The molecule has 1 aromatic rings. The Morgan fingerprint density at radius 1 is 1.61 bits per heavy atom. The lowest BCUT2D eigenvalue weighted by Gasteiger charge is -2.18. The smallest absolute Gasteiger partial charge is 0.239 e. The van der Waals surface area contributed by atoms with Gasteiger partial charge in [-0.05, 0) is 6.42 Å². The largest absolute Gasteiger partial charge is 0.354 e. The number of halogens is 1. The van der Waals surface area contributed by atoms with E-state index < -0.39 is 0 Å². The number of hydrogen-bond donors (Lipinski definition) is 1. The minimum Gasteiger partial charge on any atom is -0.354 e. The number of alkyl halides is 1. The molecule has 0 aromatic carbocycles. The van der Waals surface area contributed by atoms with Crippen LogP contribution in [0.3, 0.4) is 0 Å². The molecule has 1 aliphatic rings. The van der Waals surface area contributed by atoms with E-state index in [1.165, 1.54) is 11.3 Å². The molecule has 5 nitrogen and oxygen atoms in total. The fraction of sp³-hybridized carbons (Fsp3) is 0.545. The number of rotatable bonds is 3. The van der Waals surface area contributed by atoms with Crippen molar-refractivity contribution in [2.24, 2.45) is 0 Å². The lowest BCUT2D eigenvalue weighted by atomic mass is 10.3. The molecule has 1 fully saturated rings. The Labute approximate surface area is 114 Å². The Morgan fingerprint density at radius 3 is 3.17 bits per heavy atom. The highest BCUT2D eigenvalue weighted by Gasteiger charge is 2.20. The van der Waals surface area contributed by atoms with Crippen molar-refractivity contribution in [3.8, 4) is 0 Å². The highest BCUT2D eigenvalue weighted by molar-refractivity contribution is 7.09. The van der Waals surface area contributed by atoms with Gasteiger partial charge in [0.05, 0.1) is 24.5 Å². The summed E-state index contributed by atoms with van der Waals surface area (Å²) in [6, 6.07) is 0. The zero-order valence-corrected chi connectivity index (χ0v) is 11.4. The van der Waals surface area contributed by atoms with E-state index in [9.17, 15) is 9.59 Å². The van der Waals surface area contributed by atoms with Gasteiger partial charge in [-0.25, -0.2) is 4.98 Å². The molecule has 0 unspecified atom stereocenters. The third kappa shape index (κ3) is 3.43. The summed E-state index contributed by atoms with van der Waals surface area (Å²) >= 11 is 7.09. The summed E-state index contributed by atoms with van der Waals surface area (Å²) in [4.78, 5) is 29.2. The topological polar surface area (TPSA) is 62.3 Å². The van der Waals surface area contributed by atoms with E-state index in [4.69, 9.17) is 11.6 Å². The van der Waals surface area contributed by atoms with Crippen molar-refractivity contribution >= 4 is 34.8 Å². The summed E-state index contributed by atoms with van der Waals surface area (Å²) in [6.45, 7) is 1.40. The van der Waals surface area contributed by atoms with Crippen molar-refractivity contribution in [3.63, 3.8) is 0 Å². The maximum absolute atomic E-state index is 12.0. The molecule has 98 valence electrons. The van der Waals surface area contributed by atoms with Crippen molar-refractivity contribution < 1.29 is 9.59 Å². The molecule has 2 rings (SSSR count). The number of hydrogen-bond acceptors (Lipinski definition) is 4. The van der Waals surface area contributed by atoms with Gasteiger partial charge in [-0.2, -0.15) is 0 Å². The van der Waals surface area contributed by atoms with E-state index in [2.05, 4.69) is 10.3 Å². The number of nitrogens with one attached hydrogen (secondary N) is 1. The summed E-state index contributed by atoms with van der Waals surface area (Å²) in [5.74, 6) is 0.209.